The van der Waals surface area contributed by atoms with Crippen molar-refractivity contribution in [2.24, 2.45) is 11.8 Å². The zero-order valence-electron chi connectivity index (χ0n) is 11.6. The van der Waals surface area contributed by atoms with E-state index < -0.39 is 5.97 Å². The van der Waals surface area contributed by atoms with Gasteiger partial charge in [-0.2, -0.15) is 0 Å². The molecule has 0 saturated heterocycles. The Labute approximate surface area is 116 Å². The van der Waals surface area contributed by atoms with Crippen LogP contribution < -0.4 is 14.8 Å². The molecule has 0 unspecified atom stereocenters. The van der Waals surface area contributed by atoms with Crippen molar-refractivity contribution in [1.82, 2.24) is 0 Å². The highest BCUT2D eigenvalue weighted by atomic mass is 16.5. The van der Waals surface area contributed by atoms with Crippen LogP contribution >= 0.6 is 0 Å². The second kappa shape index (κ2) is 5.40. The lowest BCUT2D eigenvalue weighted by Crippen LogP contribution is -2.17. The largest absolute Gasteiger partial charge is 0.493 e. The number of amides is 1. The molecule has 1 aromatic rings. The van der Waals surface area contributed by atoms with E-state index >= 15 is 0 Å². The number of anilines is 1. The normalized spacial score (nSPS) is 20.1. The fourth-order valence-corrected chi connectivity index (χ4v) is 2.07. The molecule has 20 heavy (non-hydrogen) atoms. The van der Waals surface area contributed by atoms with E-state index in [1.54, 1.807) is 0 Å². The Balaban J connectivity index is 2.34. The predicted octanol–water partition coefficient (Wildman–Crippen LogP) is 2.00. The van der Waals surface area contributed by atoms with Crippen LogP contribution in [0.2, 0.25) is 0 Å². The van der Waals surface area contributed by atoms with Crippen molar-refractivity contribution < 1.29 is 24.2 Å². The molecule has 108 valence electrons. The Bertz CT molecular complexity index is 555. The van der Waals surface area contributed by atoms with E-state index in [9.17, 15) is 14.7 Å². The quantitative estimate of drug-likeness (QED) is 0.861. The van der Waals surface area contributed by atoms with E-state index in [2.05, 4.69) is 5.32 Å². The lowest BCUT2D eigenvalue weighted by atomic mass is 10.1. The lowest BCUT2D eigenvalue weighted by molar-refractivity contribution is -0.117. The standard InChI is InChI=1S/C14H17NO5/c1-7-4-8(7)13(16)15-10-6-12(20-3)11(19-2)5-9(10)14(17)18/h5-8H,4H2,1-3H3,(H,15,16)(H,17,18)/t7-,8+/m1/s1. The van der Waals surface area contributed by atoms with E-state index in [1.165, 1.54) is 26.4 Å². The van der Waals surface area contributed by atoms with Gasteiger partial charge in [0.1, 0.15) is 0 Å². The summed E-state index contributed by atoms with van der Waals surface area (Å²) in [5.41, 5.74) is 0.198. The molecule has 1 aliphatic carbocycles. The average molecular weight is 279 g/mol. The summed E-state index contributed by atoms with van der Waals surface area (Å²) >= 11 is 0. The van der Waals surface area contributed by atoms with E-state index in [4.69, 9.17) is 9.47 Å². The number of aromatic carboxylic acids is 1. The molecule has 1 aromatic carbocycles. The van der Waals surface area contributed by atoms with Gasteiger partial charge in [-0.15, -0.1) is 0 Å². The Hall–Kier alpha value is -2.24. The number of hydrogen-bond acceptors (Lipinski definition) is 4. The number of rotatable bonds is 5. The maximum absolute atomic E-state index is 11.9. The number of carboxylic acid groups (broad SMARTS) is 1. The molecule has 6 heteroatoms. The van der Waals surface area contributed by atoms with E-state index in [0.29, 0.717) is 17.4 Å². The Kier molecular flexibility index (Phi) is 3.83. The molecule has 0 spiro atoms. The number of ether oxygens (including phenoxy) is 2. The summed E-state index contributed by atoms with van der Waals surface area (Å²) in [4.78, 5) is 23.2. The van der Waals surface area contributed by atoms with Gasteiger partial charge in [0.25, 0.3) is 0 Å². The summed E-state index contributed by atoms with van der Waals surface area (Å²) < 4.78 is 10.2. The van der Waals surface area contributed by atoms with Crippen LogP contribution in [0.25, 0.3) is 0 Å². The number of carbonyl (C=O) groups excluding carboxylic acids is 1. The number of methoxy groups -OCH3 is 2. The van der Waals surface area contributed by atoms with Gasteiger partial charge in [0, 0.05) is 18.1 Å². The Morgan fingerprint density at radius 1 is 1.25 bits per heavy atom. The monoisotopic (exact) mass is 279 g/mol. The molecule has 0 aromatic heterocycles. The van der Waals surface area contributed by atoms with Crippen molar-refractivity contribution in [1.29, 1.82) is 0 Å². The SMILES string of the molecule is COc1cc(NC(=O)[C@H]2C[C@H]2C)c(C(=O)O)cc1OC. The van der Waals surface area contributed by atoms with Crippen LogP contribution in [0.15, 0.2) is 12.1 Å². The third-order valence-electron chi connectivity index (χ3n) is 3.46. The van der Waals surface area contributed by atoms with E-state index in [1.807, 2.05) is 6.92 Å². The summed E-state index contributed by atoms with van der Waals surface area (Å²) in [6.45, 7) is 1.98. The first-order valence-corrected chi connectivity index (χ1v) is 6.28. The lowest BCUT2D eigenvalue weighted by Gasteiger charge is -2.13. The van der Waals surface area contributed by atoms with Gasteiger partial charge in [0.05, 0.1) is 25.5 Å². The molecule has 1 aliphatic rings. The number of carboxylic acids is 1. The van der Waals surface area contributed by atoms with Crippen LogP contribution in [0.1, 0.15) is 23.7 Å². The fraction of sp³-hybridized carbons (Fsp3) is 0.429. The molecule has 2 rings (SSSR count). The highest BCUT2D eigenvalue weighted by Crippen LogP contribution is 2.39. The topological polar surface area (TPSA) is 84.9 Å². The van der Waals surface area contributed by atoms with Gasteiger partial charge in [-0.25, -0.2) is 4.79 Å². The zero-order chi connectivity index (χ0) is 14.9. The summed E-state index contributed by atoms with van der Waals surface area (Å²) in [5.74, 6) is -0.301. The summed E-state index contributed by atoms with van der Waals surface area (Å²) in [5, 5.41) is 11.9. The van der Waals surface area contributed by atoms with Crippen molar-refractivity contribution in [3.63, 3.8) is 0 Å². The van der Waals surface area contributed by atoms with E-state index in [-0.39, 0.29) is 23.1 Å². The van der Waals surface area contributed by atoms with Crippen LogP contribution in [0, 0.1) is 11.8 Å². The summed E-state index contributed by atoms with van der Waals surface area (Å²) in [7, 11) is 2.88. The molecule has 1 amide bonds. The minimum atomic E-state index is -1.13. The number of hydrogen-bond donors (Lipinski definition) is 2. The Morgan fingerprint density at radius 3 is 2.25 bits per heavy atom. The fourth-order valence-electron chi connectivity index (χ4n) is 2.07. The third kappa shape index (κ3) is 2.68. The number of carbonyl (C=O) groups is 2. The zero-order valence-corrected chi connectivity index (χ0v) is 11.6. The van der Waals surface area contributed by atoms with Gasteiger partial charge in [-0.05, 0) is 12.3 Å². The van der Waals surface area contributed by atoms with Crippen LogP contribution in [0.4, 0.5) is 5.69 Å². The van der Waals surface area contributed by atoms with Crippen molar-refractivity contribution in [3.05, 3.63) is 17.7 Å². The molecule has 0 heterocycles. The molecule has 6 nitrogen and oxygen atoms in total. The van der Waals surface area contributed by atoms with Crippen molar-refractivity contribution in [2.45, 2.75) is 13.3 Å². The minimum Gasteiger partial charge on any atom is -0.493 e. The van der Waals surface area contributed by atoms with Gasteiger partial charge in [0.15, 0.2) is 11.5 Å². The summed E-state index contributed by atoms with van der Waals surface area (Å²) in [6.07, 6.45) is 0.835. The summed E-state index contributed by atoms with van der Waals surface area (Å²) in [6, 6.07) is 2.81. The highest BCUT2D eigenvalue weighted by molar-refractivity contribution is 6.02. The molecule has 0 aliphatic heterocycles. The Morgan fingerprint density at radius 2 is 1.80 bits per heavy atom. The first-order chi connectivity index (χ1) is 9.47. The minimum absolute atomic E-state index is 0.0238. The van der Waals surface area contributed by atoms with Gasteiger partial charge in [-0.1, -0.05) is 6.92 Å². The maximum atomic E-state index is 11.9. The first-order valence-electron chi connectivity index (χ1n) is 6.28. The molecule has 1 fully saturated rings. The van der Waals surface area contributed by atoms with Gasteiger partial charge in [-0.3, -0.25) is 4.79 Å². The van der Waals surface area contributed by atoms with Crippen LogP contribution in [0.3, 0.4) is 0 Å². The molecular weight excluding hydrogens is 262 g/mol. The molecular formula is C14H17NO5. The molecule has 0 radical (unpaired) electrons. The predicted molar refractivity (Wildman–Crippen MR) is 72.4 cm³/mol. The van der Waals surface area contributed by atoms with E-state index in [0.717, 1.165) is 6.42 Å². The van der Waals surface area contributed by atoms with Crippen LogP contribution in [-0.2, 0) is 4.79 Å². The highest BCUT2D eigenvalue weighted by Gasteiger charge is 2.39. The second-order valence-corrected chi connectivity index (χ2v) is 4.87. The second-order valence-electron chi connectivity index (χ2n) is 4.87. The third-order valence-corrected chi connectivity index (χ3v) is 3.46. The van der Waals surface area contributed by atoms with Crippen molar-refractivity contribution >= 4 is 17.6 Å². The van der Waals surface area contributed by atoms with Gasteiger partial charge in [0.2, 0.25) is 5.91 Å². The van der Waals surface area contributed by atoms with Crippen molar-refractivity contribution in [2.75, 3.05) is 19.5 Å². The first kappa shape index (κ1) is 14.2. The molecule has 1 saturated carbocycles. The van der Waals surface area contributed by atoms with Crippen LogP contribution in [0.5, 0.6) is 11.5 Å². The number of nitrogens with one attached hydrogen (secondary N) is 1. The smallest absolute Gasteiger partial charge is 0.337 e. The van der Waals surface area contributed by atoms with Crippen molar-refractivity contribution in [3.8, 4) is 11.5 Å². The van der Waals surface area contributed by atoms with Crippen LogP contribution in [-0.4, -0.2) is 31.2 Å². The average Bonchev–Trinajstić information content (AvgIpc) is 3.15. The van der Waals surface area contributed by atoms with Gasteiger partial charge >= 0.3 is 5.97 Å². The number of benzene rings is 1. The molecule has 0 bridgehead atoms. The molecule has 2 N–H and O–H groups in total. The maximum Gasteiger partial charge on any atom is 0.337 e. The van der Waals surface area contributed by atoms with Gasteiger partial charge < -0.3 is 19.9 Å². The molecule has 2 atom stereocenters.